The van der Waals surface area contributed by atoms with E-state index in [4.69, 9.17) is 10.5 Å². The minimum atomic E-state index is -4.59. The molecule has 1 aliphatic carbocycles. The summed E-state index contributed by atoms with van der Waals surface area (Å²) in [5.74, 6) is -1.05. The largest absolute Gasteiger partial charge is 0.495 e. The number of thioether (sulfide) groups is 1. The van der Waals surface area contributed by atoms with Gasteiger partial charge in [0.2, 0.25) is 0 Å². The molecule has 21 heavy (non-hydrogen) atoms. The summed E-state index contributed by atoms with van der Waals surface area (Å²) in [6.45, 7) is 0. The maximum Gasteiger partial charge on any atom is 0.419 e. The summed E-state index contributed by atoms with van der Waals surface area (Å²) in [7, 11) is 1.12. The van der Waals surface area contributed by atoms with Crippen molar-refractivity contribution in [1.82, 2.24) is 5.32 Å². The minimum absolute atomic E-state index is 0.0982. The van der Waals surface area contributed by atoms with Crippen molar-refractivity contribution in [3.05, 3.63) is 23.3 Å². The molecular formula is C13H15F3N2O2S. The van der Waals surface area contributed by atoms with E-state index in [1.165, 1.54) is 17.8 Å². The highest BCUT2D eigenvalue weighted by Gasteiger charge is 2.39. The van der Waals surface area contributed by atoms with E-state index in [0.29, 0.717) is 11.3 Å². The van der Waals surface area contributed by atoms with E-state index in [2.05, 4.69) is 5.32 Å². The summed E-state index contributed by atoms with van der Waals surface area (Å²) in [4.78, 5) is 12.7. The van der Waals surface area contributed by atoms with E-state index in [9.17, 15) is 18.0 Å². The highest BCUT2D eigenvalue weighted by atomic mass is 32.2. The molecule has 1 aromatic carbocycles. The van der Waals surface area contributed by atoms with Crippen molar-refractivity contribution in [3.8, 4) is 5.75 Å². The number of methoxy groups -OCH3 is 1. The molecule has 0 saturated heterocycles. The summed E-state index contributed by atoms with van der Waals surface area (Å²) in [5.41, 5.74) is 4.54. The maximum absolute atomic E-state index is 13.0. The number of amides is 1. The molecule has 2 atom stereocenters. The SMILES string of the molecule is COc1c(C(F)(F)F)ccc(SC)c1C(=O)NC1CC1N. The van der Waals surface area contributed by atoms with Crippen molar-refractivity contribution in [2.24, 2.45) is 5.73 Å². The van der Waals surface area contributed by atoms with E-state index in [1.54, 1.807) is 6.26 Å². The van der Waals surface area contributed by atoms with Gasteiger partial charge in [0.25, 0.3) is 5.91 Å². The smallest absolute Gasteiger partial charge is 0.419 e. The van der Waals surface area contributed by atoms with Crippen LogP contribution in [-0.2, 0) is 6.18 Å². The van der Waals surface area contributed by atoms with Gasteiger partial charge in [0.1, 0.15) is 5.75 Å². The molecule has 0 aromatic heterocycles. The summed E-state index contributed by atoms with van der Waals surface area (Å²) >= 11 is 1.18. The molecule has 2 unspecified atom stereocenters. The van der Waals surface area contributed by atoms with Crippen LogP contribution in [0.3, 0.4) is 0 Å². The van der Waals surface area contributed by atoms with Crippen LogP contribution in [0.2, 0.25) is 0 Å². The summed E-state index contributed by atoms with van der Waals surface area (Å²) in [6.07, 6.45) is -2.28. The highest BCUT2D eigenvalue weighted by Crippen LogP contribution is 2.41. The predicted octanol–water partition coefficient (Wildman–Crippen LogP) is 2.27. The third-order valence-electron chi connectivity index (χ3n) is 3.23. The van der Waals surface area contributed by atoms with E-state index in [1.807, 2.05) is 0 Å². The zero-order valence-electron chi connectivity index (χ0n) is 11.5. The molecule has 0 bridgehead atoms. The molecule has 0 heterocycles. The molecular weight excluding hydrogens is 305 g/mol. The standard InChI is InChI=1S/C13H15F3N2O2S/c1-20-11-6(13(14,15)16)3-4-9(21-2)10(11)12(19)18-8-5-7(8)17/h3-4,7-8H,5,17H2,1-2H3,(H,18,19). The number of ether oxygens (including phenoxy) is 1. The zero-order chi connectivity index (χ0) is 15.8. The Labute approximate surface area is 124 Å². The average Bonchev–Trinajstić information content (AvgIpc) is 3.10. The first kappa shape index (κ1) is 16.0. The minimum Gasteiger partial charge on any atom is -0.495 e. The van der Waals surface area contributed by atoms with E-state index >= 15 is 0 Å². The van der Waals surface area contributed by atoms with Crippen molar-refractivity contribution >= 4 is 17.7 Å². The first-order valence-electron chi connectivity index (χ1n) is 6.18. The second-order valence-electron chi connectivity index (χ2n) is 4.70. The fourth-order valence-electron chi connectivity index (χ4n) is 2.01. The molecule has 1 aromatic rings. The Morgan fingerprint density at radius 1 is 1.48 bits per heavy atom. The van der Waals surface area contributed by atoms with E-state index in [0.717, 1.165) is 13.2 Å². The molecule has 0 aliphatic heterocycles. The number of nitrogens with two attached hydrogens (primary N) is 1. The van der Waals surface area contributed by atoms with E-state index in [-0.39, 0.29) is 17.6 Å². The number of hydrogen-bond donors (Lipinski definition) is 2. The molecule has 1 saturated carbocycles. The fraction of sp³-hybridized carbons (Fsp3) is 0.462. The van der Waals surface area contributed by atoms with Crippen LogP contribution in [0.25, 0.3) is 0 Å². The van der Waals surface area contributed by atoms with Crippen LogP contribution >= 0.6 is 11.8 Å². The van der Waals surface area contributed by atoms with Gasteiger partial charge in [-0.15, -0.1) is 11.8 Å². The molecule has 4 nitrogen and oxygen atoms in total. The molecule has 1 amide bonds. The van der Waals surface area contributed by atoms with Gasteiger partial charge in [-0.1, -0.05) is 0 Å². The normalized spacial score (nSPS) is 21.0. The van der Waals surface area contributed by atoms with Crippen LogP contribution < -0.4 is 15.8 Å². The first-order chi connectivity index (χ1) is 9.79. The van der Waals surface area contributed by atoms with Crippen molar-refractivity contribution in [2.45, 2.75) is 29.6 Å². The molecule has 1 aliphatic rings. The van der Waals surface area contributed by atoms with Crippen LogP contribution in [-0.4, -0.2) is 31.4 Å². The van der Waals surface area contributed by atoms with Gasteiger partial charge >= 0.3 is 6.18 Å². The highest BCUT2D eigenvalue weighted by molar-refractivity contribution is 7.98. The summed E-state index contributed by atoms with van der Waals surface area (Å²) in [5, 5.41) is 2.62. The van der Waals surface area contributed by atoms with Crippen LogP contribution in [0, 0.1) is 0 Å². The third kappa shape index (κ3) is 3.26. The second kappa shape index (κ2) is 5.76. The predicted molar refractivity (Wildman–Crippen MR) is 73.6 cm³/mol. The number of carbonyl (C=O) groups excluding carboxylic acids is 1. The van der Waals surface area contributed by atoms with Gasteiger partial charge in [0, 0.05) is 17.0 Å². The van der Waals surface area contributed by atoms with Crippen molar-refractivity contribution in [3.63, 3.8) is 0 Å². The van der Waals surface area contributed by atoms with Gasteiger partial charge in [-0.2, -0.15) is 13.2 Å². The van der Waals surface area contributed by atoms with Crippen LogP contribution in [0.15, 0.2) is 17.0 Å². The summed E-state index contributed by atoms with van der Waals surface area (Å²) in [6, 6.07) is 1.87. The van der Waals surface area contributed by atoms with Gasteiger partial charge in [-0.3, -0.25) is 4.79 Å². The fourth-order valence-corrected chi connectivity index (χ4v) is 2.60. The van der Waals surface area contributed by atoms with Crippen molar-refractivity contribution in [1.29, 1.82) is 0 Å². The molecule has 3 N–H and O–H groups in total. The van der Waals surface area contributed by atoms with Gasteiger partial charge < -0.3 is 15.8 Å². The maximum atomic E-state index is 13.0. The van der Waals surface area contributed by atoms with Crippen LogP contribution in [0.4, 0.5) is 13.2 Å². The molecule has 8 heteroatoms. The van der Waals surface area contributed by atoms with Crippen molar-refractivity contribution in [2.75, 3.05) is 13.4 Å². The number of halogens is 3. The number of hydrogen-bond acceptors (Lipinski definition) is 4. The lowest BCUT2D eigenvalue weighted by Gasteiger charge is -2.18. The Bertz CT molecular complexity index is 563. The van der Waals surface area contributed by atoms with Gasteiger partial charge in [-0.25, -0.2) is 0 Å². The van der Waals surface area contributed by atoms with Gasteiger partial charge in [0.05, 0.1) is 18.2 Å². The average molecular weight is 320 g/mol. The molecule has 1 fully saturated rings. The number of benzene rings is 1. The Kier molecular flexibility index (Phi) is 4.38. The van der Waals surface area contributed by atoms with Crippen LogP contribution in [0.5, 0.6) is 5.75 Å². The number of carbonyl (C=O) groups is 1. The lowest BCUT2D eigenvalue weighted by molar-refractivity contribution is -0.138. The number of rotatable bonds is 4. The van der Waals surface area contributed by atoms with Crippen molar-refractivity contribution < 1.29 is 22.7 Å². The Morgan fingerprint density at radius 3 is 2.52 bits per heavy atom. The molecule has 2 rings (SSSR count). The summed E-state index contributed by atoms with van der Waals surface area (Å²) < 4.78 is 43.9. The lowest BCUT2D eigenvalue weighted by atomic mass is 10.1. The van der Waals surface area contributed by atoms with E-state index < -0.39 is 23.4 Å². The first-order valence-corrected chi connectivity index (χ1v) is 7.40. The Balaban J connectivity index is 2.47. The monoisotopic (exact) mass is 320 g/mol. The molecule has 0 spiro atoms. The van der Waals surface area contributed by atoms with Crippen LogP contribution in [0.1, 0.15) is 22.3 Å². The number of alkyl halides is 3. The van der Waals surface area contributed by atoms with Gasteiger partial charge in [0.15, 0.2) is 0 Å². The number of nitrogens with one attached hydrogen (secondary N) is 1. The second-order valence-corrected chi connectivity index (χ2v) is 5.55. The quantitative estimate of drug-likeness (QED) is 0.835. The molecule has 0 radical (unpaired) electrons. The third-order valence-corrected chi connectivity index (χ3v) is 4.01. The Morgan fingerprint density at radius 2 is 2.10 bits per heavy atom. The lowest BCUT2D eigenvalue weighted by Crippen LogP contribution is -2.30. The molecule has 116 valence electrons. The van der Waals surface area contributed by atoms with Gasteiger partial charge in [-0.05, 0) is 24.8 Å². The zero-order valence-corrected chi connectivity index (χ0v) is 12.3. The topological polar surface area (TPSA) is 64.3 Å². The Hall–Kier alpha value is -1.41.